The van der Waals surface area contributed by atoms with Crippen molar-refractivity contribution in [1.82, 2.24) is 10.6 Å². The van der Waals surface area contributed by atoms with E-state index in [1.54, 1.807) is 0 Å². The molecule has 0 aromatic rings. The first kappa shape index (κ1) is 14.4. The van der Waals surface area contributed by atoms with Gasteiger partial charge in [0.15, 0.2) is 0 Å². The molecule has 4 nitrogen and oxygen atoms in total. The Bertz CT molecular complexity index is 152. The highest BCUT2D eigenvalue weighted by atomic mass is 16.5. The van der Waals surface area contributed by atoms with E-state index < -0.39 is 0 Å². The average molecular weight is 216 g/mol. The van der Waals surface area contributed by atoms with Gasteiger partial charge in [0.1, 0.15) is 0 Å². The van der Waals surface area contributed by atoms with Crippen molar-refractivity contribution in [1.29, 1.82) is 0 Å². The molecule has 0 atom stereocenters. The van der Waals surface area contributed by atoms with Crippen molar-refractivity contribution >= 4 is 5.91 Å². The highest BCUT2D eigenvalue weighted by Crippen LogP contribution is 1.84. The maximum atomic E-state index is 11.0. The molecule has 0 bridgehead atoms. The lowest BCUT2D eigenvalue weighted by Crippen LogP contribution is -2.28. The third kappa shape index (κ3) is 11.3. The number of amides is 1. The second-order valence-electron chi connectivity index (χ2n) is 3.42. The lowest BCUT2D eigenvalue weighted by atomic mass is 10.3. The number of rotatable bonds is 10. The van der Waals surface area contributed by atoms with Crippen LogP contribution in [0.4, 0.5) is 0 Å². The van der Waals surface area contributed by atoms with Crippen LogP contribution in [0.25, 0.3) is 0 Å². The second-order valence-corrected chi connectivity index (χ2v) is 3.42. The molecule has 0 heterocycles. The van der Waals surface area contributed by atoms with Crippen LogP contribution in [0.2, 0.25) is 0 Å². The van der Waals surface area contributed by atoms with Crippen LogP contribution in [0.3, 0.4) is 0 Å². The Morgan fingerprint density at radius 2 is 2.00 bits per heavy atom. The van der Waals surface area contributed by atoms with Gasteiger partial charge < -0.3 is 15.4 Å². The van der Waals surface area contributed by atoms with Crippen molar-refractivity contribution in [3.05, 3.63) is 0 Å². The molecular formula is C11H24N2O2. The minimum absolute atomic E-state index is 0.118. The Labute approximate surface area is 92.8 Å². The zero-order valence-electron chi connectivity index (χ0n) is 9.97. The van der Waals surface area contributed by atoms with Gasteiger partial charge in [-0.2, -0.15) is 0 Å². The van der Waals surface area contributed by atoms with Gasteiger partial charge in [-0.1, -0.05) is 6.92 Å². The summed E-state index contributed by atoms with van der Waals surface area (Å²) in [7, 11) is 0. The summed E-state index contributed by atoms with van der Waals surface area (Å²) in [6, 6.07) is 0. The zero-order valence-corrected chi connectivity index (χ0v) is 9.97. The van der Waals surface area contributed by atoms with E-state index in [1.165, 1.54) is 0 Å². The largest absolute Gasteiger partial charge is 0.381 e. The molecule has 0 rings (SSSR count). The topological polar surface area (TPSA) is 50.4 Å². The molecule has 0 fully saturated rings. The molecule has 4 heteroatoms. The SMILES string of the molecule is CCCOCCCNCCC(=O)NCC. The summed E-state index contributed by atoms with van der Waals surface area (Å²) in [5.41, 5.74) is 0. The lowest BCUT2D eigenvalue weighted by molar-refractivity contribution is -0.120. The van der Waals surface area contributed by atoms with Crippen molar-refractivity contribution < 1.29 is 9.53 Å². The van der Waals surface area contributed by atoms with Gasteiger partial charge in [0.05, 0.1) is 0 Å². The van der Waals surface area contributed by atoms with Gasteiger partial charge in [0.25, 0.3) is 0 Å². The maximum Gasteiger partial charge on any atom is 0.221 e. The van der Waals surface area contributed by atoms with E-state index in [-0.39, 0.29) is 5.91 Å². The number of hydrogen-bond donors (Lipinski definition) is 2. The number of ether oxygens (including phenoxy) is 1. The summed E-state index contributed by atoms with van der Waals surface area (Å²) in [5.74, 6) is 0.118. The number of carbonyl (C=O) groups excluding carboxylic acids is 1. The second kappa shape index (κ2) is 11.5. The van der Waals surface area contributed by atoms with Crippen LogP contribution in [-0.4, -0.2) is 38.8 Å². The van der Waals surface area contributed by atoms with E-state index in [0.717, 1.165) is 39.1 Å². The minimum atomic E-state index is 0.118. The van der Waals surface area contributed by atoms with Crippen LogP contribution < -0.4 is 10.6 Å². The predicted octanol–water partition coefficient (Wildman–Crippen LogP) is 0.919. The molecule has 0 aliphatic heterocycles. The number of carbonyl (C=O) groups is 1. The van der Waals surface area contributed by atoms with Gasteiger partial charge >= 0.3 is 0 Å². The molecule has 90 valence electrons. The third-order valence-electron chi connectivity index (χ3n) is 1.89. The number of nitrogens with one attached hydrogen (secondary N) is 2. The average Bonchev–Trinajstić information content (AvgIpc) is 2.22. The lowest BCUT2D eigenvalue weighted by Gasteiger charge is -2.05. The molecule has 0 saturated heterocycles. The molecule has 0 aromatic heterocycles. The van der Waals surface area contributed by atoms with Crippen molar-refractivity contribution in [2.24, 2.45) is 0 Å². The summed E-state index contributed by atoms with van der Waals surface area (Å²) < 4.78 is 5.33. The van der Waals surface area contributed by atoms with Crippen molar-refractivity contribution in [2.45, 2.75) is 33.1 Å². The van der Waals surface area contributed by atoms with Crippen molar-refractivity contribution in [3.8, 4) is 0 Å². The Balaban J connectivity index is 3.01. The monoisotopic (exact) mass is 216 g/mol. The van der Waals surface area contributed by atoms with Crippen LogP contribution in [0.1, 0.15) is 33.1 Å². The molecule has 15 heavy (non-hydrogen) atoms. The van der Waals surface area contributed by atoms with E-state index in [9.17, 15) is 4.79 Å². The summed E-state index contributed by atoms with van der Waals surface area (Å²) in [6.45, 7) is 8.06. The molecule has 0 saturated carbocycles. The van der Waals surface area contributed by atoms with Gasteiger partial charge in [-0.15, -0.1) is 0 Å². The van der Waals surface area contributed by atoms with E-state index in [4.69, 9.17) is 4.74 Å². The standard InChI is InChI=1S/C11H24N2O2/c1-3-9-15-10-5-7-12-8-6-11(14)13-4-2/h12H,3-10H2,1-2H3,(H,13,14). The zero-order chi connectivity index (χ0) is 11.4. The Morgan fingerprint density at radius 3 is 2.67 bits per heavy atom. The van der Waals surface area contributed by atoms with Crippen LogP contribution in [0, 0.1) is 0 Å². The quantitative estimate of drug-likeness (QED) is 0.534. The normalized spacial score (nSPS) is 10.3. The number of hydrogen-bond acceptors (Lipinski definition) is 3. The smallest absolute Gasteiger partial charge is 0.221 e. The van der Waals surface area contributed by atoms with Crippen LogP contribution in [0.5, 0.6) is 0 Å². The highest BCUT2D eigenvalue weighted by molar-refractivity contribution is 5.75. The van der Waals surface area contributed by atoms with Gasteiger partial charge in [-0.25, -0.2) is 0 Å². The first-order valence-electron chi connectivity index (χ1n) is 5.86. The third-order valence-corrected chi connectivity index (χ3v) is 1.89. The molecular weight excluding hydrogens is 192 g/mol. The Kier molecular flexibility index (Phi) is 11.0. The van der Waals surface area contributed by atoms with Gasteiger partial charge in [-0.3, -0.25) is 4.79 Å². The minimum Gasteiger partial charge on any atom is -0.381 e. The Hall–Kier alpha value is -0.610. The van der Waals surface area contributed by atoms with Gasteiger partial charge in [0.2, 0.25) is 5.91 Å². The predicted molar refractivity (Wildman–Crippen MR) is 61.9 cm³/mol. The molecule has 0 radical (unpaired) electrons. The van der Waals surface area contributed by atoms with Crippen LogP contribution >= 0.6 is 0 Å². The summed E-state index contributed by atoms with van der Waals surface area (Å²) in [5, 5.41) is 5.97. The fourth-order valence-corrected chi connectivity index (χ4v) is 1.16. The van der Waals surface area contributed by atoms with Gasteiger partial charge in [-0.05, 0) is 26.3 Å². The molecule has 0 aliphatic carbocycles. The van der Waals surface area contributed by atoms with E-state index in [0.29, 0.717) is 13.0 Å². The summed E-state index contributed by atoms with van der Waals surface area (Å²) in [6.07, 6.45) is 2.64. The van der Waals surface area contributed by atoms with Crippen LogP contribution in [0.15, 0.2) is 0 Å². The Morgan fingerprint density at radius 1 is 1.20 bits per heavy atom. The fourth-order valence-electron chi connectivity index (χ4n) is 1.16. The van der Waals surface area contributed by atoms with Crippen LogP contribution in [-0.2, 0) is 9.53 Å². The van der Waals surface area contributed by atoms with Crippen molar-refractivity contribution in [3.63, 3.8) is 0 Å². The molecule has 0 spiro atoms. The molecule has 0 aromatic carbocycles. The molecule has 2 N–H and O–H groups in total. The van der Waals surface area contributed by atoms with E-state index >= 15 is 0 Å². The van der Waals surface area contributed by atoms with E-state index in [1.807, 2.05) is 6.92 Å². The summed E-state index contributed by atoms with van der Waals surface area (Å²) in [4.78, 5) is 11.0. The van der Waals surface area contributed by atoms with Crippen molar-refractivity contribution in [2.75, 3.05) is 32.8 Å². The van der Waals surface area contributed by atoms with Gasteiger partial charge in [0, 0.05) is 32.7 Å². The first-order chi connectivity index (χ1) is 7.31. The maximum absolute atomic E-state index is 11.0. The molecule has 0 unspecified atom stereocenters. The summed E-state index contributed by atoms with van der Waals surface area (Å²) >= 11 is 0. The highest BCUT2D eigenvalue weighted by Gasteiger charge is 1.97. The fraction of sp³-hybridized carbons (Fsp3) is 0.909. The first-order valence-corrected chi connectivity index (χ1v) is 5.86. The van der Waals surface area contributed by atoms with E-state index in [2.05, 4.69) is 17.6 Å². The molecule has 0 aliphatic rings. The molecule has 1 amide bonds.